The Bertz CT molecular complexity index is 1640. The first kappa shape index (κ1) is 28.8. The third kappa shape index (κ3) is 6.18. The van der Waals surface area contributed by atoms with Gasteiger partial charge in [0, 0.05) is 22.6 Å². The Morgan fingerprint density at radius 2 is 1.62 bits per heavy atom. The Kier molecular flexibility index (Phi) is 8.59. The summed E-state index contributed by atoms with van der Waals surface area (Å²) in [4.78, 5) is 13.1. The van der Waals surface area contributed by atoms with E-state index in [1.165, 1.54) is 23.3 Å². The Morgan fingerprint density at radius 1 is 0.950 bits per heavy atom. The van der Waals surface area contributed by atoms with Crippen LogP contribution in [0.5, 0.6) is 0 Å². The maximum absolute atomic E-state index is 13.6. The van der Waals surface area contributed by atoms with Crippen molar-refractivity contribution in [2.75, 3.05) is 10.8 Å². The number of rotatable bonds is 9. The van der Waals surface area contributed by atoms with E-state index in [0.29, 0.717) is 11.6 Å². The summed E-state index contributed by atoms with van der Waals surface area (Å²) in [7, 11) is -3.99. The van der Waals surface area contributed by atoms with Crippen LogP contribution in [0.2, 0.25) is 0 Å². The van der Waals surface area contributed by atoms with E-state index in [1.807, 2.05) is 32.0 Å². The fraction of sp³-hybridized carbons (Fsp3) is 0.250. The number of nitrogens with zero attached hydrogens (tertiary/aromatic N) is 3. The van der Waals surface area contributed by atoms with Gasteiger partial charge in [0.15, 0.2) is 0 Å². The molecule has 0 saturated heterocycles. The van der Waals surface area contributed by atoms with E-state index in [-0.39, 0.29) is 4.90 Å². The first-order valence-corrected chi connectivity index (χ1v) is 14.7. The molecule has 1 N–H and O–H groups in total. The molecule has 0 atom stereocenters. The summed E-state index contributed by atoms with van der Waals surface area (Å²) < 4.78 is 30.4. The van der Waals surface area contributed by atoms with Gasteiger partial charge < -0.3 is 4.57 Å². The second-order valence-corrected chi connectivity index (χ2v) is 12.2. The summed E-state index contributed by atoms with van der Waals surface area (Å²) >= 11 is 0. The molecule has 0 bridgehead atoms. The maximum atomic E-state index is 13.6. The number of nitrogens with one attached hydrogen (secondary N) is 1. The van der Waals surface area contributed by atoms with Gasteiger partial charge in [0.2, 0.25) is 0 Å². The van der Waals surface area contributed by atoms with Crippen molar-refractivity contribution in [2.24, 2.45) is 5.10 Å². The predicted octanol–water partition coefficient (Wildman–Crippen LogP) is 6.18. The van der Waals surface area contributed by atoms with Gasteiger partial charge in [0.25, 0.3) is 15.9 Å². The average Bonchev–Trinajstić information content (AvgIpc) is 3.20. The van der Waals surface area contributed by atoms with Gasteiger partial charge in [0.05, 0.1) is 16.8 Å². The van der Waals surface area contributed by atoms with E-state index in [2.05, 4.69) is 61.0 Å². The Balaban J connectivity index is 1.56. The molecule has 1 amide bonds. The molecular weight excluding hydrogens is 520 g/mol. The van der Waals surface area contributed by atoms with E-state index >= 15 is 0 Å². The molecule has 0 fully saturated rings. The lowest BCUT2D eigenvalue weighted by Crippen LogP contribution is -2.39. The van der Waals surface area contributed by atoms with Crippen LogP contribution in [0.4, 0.5) is 5.69 Å². The van der Waals surface area contributed by atoms with Gasteiger partial charge in [-0.25, -0.2) is 13.8 Å². The minimum absolute atomic E-state index is 0.109. The van der Waals surface area contributed by atoms with E-state index in [4.69, 9.17) is 0 Å². The number of anilines is 1. The van der Waals surface area contributed by atoms with E-state index in [9.17, 15) is 13.2 Å². The fourth-order valence-corrected chi connectivity index (χ4v) is 6.19. The Morgan fingerprint density at radius 3 is 2.25 bits per heavy atom. The molecule has 8 heteroatoms. The Hall–Kier alpha value is -4.17. The summed E-state index contributed by atoms with van der Waals surface area (Å²) in [6, 6.07) is 23.7. The van der Waals surface area contributed by atoms with Crippen molar-refractivity contribution in [1.29, 1.82) is 0 Å². The standard InChI is InChI=1S/C32H36N4O3S/c1-22(2)27-13-15-29(16-14-27)35(40(38,39)30-10-8-7-9-11-30)21-32(37)34-33-20-28-19-25(5)36(26(28)6)31-17-12-23(3)18-24(31)4/h7-20,22H,21H2,1-6H3,(H,34,37)/b33-20-. The molecule has 4 aromatic rings. The molecule has 208 valence electrons. The second kappa shape index (κ2) is 11.9. The molecule has 0 unspecified atom stereocenters. The molecule has 1 aromatic heterocycles. The van der Waals surface area contributed by atoms with Gasteiger partial charge in [-0.05, 0) is 81.1 Å². The third-order valence-corrected chi connectivity index (χ3v) is 8.71. The first-order chi connectivity index (χ1) is 19.0. The summed E-state index contributed by atoms with van der Waals surface area (Å²) in [6.07, 6.45) is 1.59. The van der Waals surface area contributed by atoms with Crippen LogP contribution in [-0.4, -0.2) is 31.7 Å². The summed E-state index contributed by atoms with van der Waals surface area (Å²) in [5.41, 5.74) is 10.3. The summed E-state index contributed by atoms with van der Waals surface area (Å²) in [6.45, 7) is 11.9. The quantitative estimate of drug-likeness (QED) is 0.197. The van der Waals surface area contributed by atoms with Crippen LogP contribution >= 0.6 is 0 Å². The number of hydrogen-bond acceptors (Lipinski definition) is 4. The van der Waals surface area contributed by atoms with Crippen LogP contribution < -0.4 is 9.73 Å². The Labute approximate surface area is 237 Å². The van der Waals surface area contributed by atoms with Crippen molar-refractivity contribution in [2.45, 2.75) is 52.4 Å². The zero-order valence-electron chi connectivity index (χ0n) is 23.8. The van der Waals surface area contributed by atoms with Crippen molar-refractivity contribution < 1.29 is 13.2 Å². The van der Waals surface area contributed by atoms with Gasteiger partial charge in [-0.2, -0.15) is 5.10 Å². The number of aryl methyl sites for hydroxylation is 3. The van der Waals surface area contributed by atoms with Crippen LogP contribution in [0.25, 0.3) is 5.69 Å². The highest BCUT2D eigenvalue weighted by atomic mass is 32.2. The van der Waals surface area contributed by atoms with Crippen molar-refractivity contribution in [1.82, 2.24) is 9.99 Å². The third-order valence-electron chi connectivity index (χ3n) is 6.92. The van der Waals surface area contributed by atoms with Gasteiger partial charge in [0.1, 0.15) is 6.54 Å². The number of benzene rings is 3. The smallest absolute Gasteiger partial charge is 0.264 e. The first-order valence-electron chi connectivity index (χ1n) is 13.2. The van der Waals surface area contributed by atoms with Crippen LogP contribution in [0.3, 0.4) is 0 Å². The highest BCUT2D eigenvalue weighted by Crippen LogP contribution is 2.26. The predicted molar refractivity (Wildman–Crippen MR) is 162 cm³/mol. The summed E-state index contributed by atoms with van der Waals surface area (Å²) in [5, 5.41) is 4.17. The number of carbonyl (C=O) groups is 1. The van der Waals surface area contributed by atoms with E-state index in [1.54, 1.807) is 36.5 Å². The molecule has 0 saturated carbocycles. The maximum Gasteiger partial charge on any atom is 0.264 e. The molecule has 0 aliphatic heterocycles. The molecule has 0 spiro atoms. The minimum atomic E-state index is -3.99. The lowest BCUT2D eigenvalue weighted by atomic mass is 10.0. The minimum Gasteiger partial charge on any atom is -0.318 e. The highest BCUT2D eigenvalue weighted by Gasteiger charge is 2.27. The molecule has 40 heavy (non-hydrogen) atoms. The van der Waals surface area contributed by atoms with Crippen LogP contribution in [-0.2, 0) is 14.8 Å². The monoisotopic (exact) mass is 556 g/mol. The molecule has 3 aromatic carbocycles. The van der Waals surface area contributed by atoms with Gasteiger partial charge >= 0.3 is 0 Å². The van der Waals surface area contributed by atoms with E-state index < -0.39 is 22.5 Å². The molecule has 1 heterocycles. The molecular formula is C32H36N4O3S. The zero-order valence-corrected chi connectivity index (χ0v) is 24.7. The zero-order chi connectivity index (χ0) is 29.0. The lowest BCUT2D eigenvalue weighted by Gasteiger charge is -2.24. The van der Waals surface area contributed by atoms with Crippen molar-refractivity contribution in [3.05, 3.63) is 113 Å². The molecule has 0 aliphatic rings. The van der Waals surface area contributed by atoms with Gasteiger partial charge in [-0.3, -0.25) is 9.10 Å². The molecule has 7 nitrogen and oxygen atoms in total. The largest absolute Gasteiger partial charge is 0.318 e. The van der Waals surface area contributed by atoms with Gasteiger partial charge in [-0.15, -0.1) is 0 Å². The number of hydrogen-bond donors (Lipinski definition) is 1. The highest BCUT2D eigenvalue weighted by molar-refractivity contribution is 7.92. The number of aromatic nitrogens is 1. The van der Waals surface area contributed by atoms with Gasteiger partial charge in [-0.1, -0.05) is 61.9 Å². The SMILES string of the molecule is Cc1ccc(-n2c(C)cc(/C=N\NC(=O)CN(c3ccc(C(C)C)cc3)S(=O)(=O)c3ccccc3)c2C)c(C)c1. The summed E-state index contributed by atoms with van der Waals surface area (Å²) in [5.74, 6) is -0.255. The van der Waals surface area contributed by atoms with E-state index in [0.717, 1.165) is 32.5 Å². The lowest BCUT2D eigenvalue weighted by molar-refractivity contribution is -0.119. The second-order valence-electron chi connectivity index (χ2n) is 10.3. The number of carbonyl (C=O) groups excluding carboxylic acids is 1. The molecule has 4 rings (SSSR count). The van der Waals surface area contributed by atoms with Crippen LogP contribution in [0.1, 0.15) is 53.4 Å². The molecule has 0 radical (unpaired) electrons. The average molecular weight is 557 g/mol. The van der Waals surface area contributed by atoms with Crippen LogP contribution in [0, 0.1) is 27.7 Å². The fourth-order valence-electron chi connectivity index (χ4n) is 4.75. The normalized spacial score (nSPS) is 11.8. The van der Waals surface area contributed by atoms with Crippen molar-refractivity contribution in [3.63, 3.8) is 0 Å². The number of hydrazone groups is 1. The topological polar surface area (TPSA) is 83.8 Å². The van der Waals surface area contributed by atoms with Crippen LogP contribution in [0.15, 0.2) is 88.9 Å². The number of sulfonamides is 1. The van der Waals surface area contributed by atoms with Crippen molar-refractivity contribution >= 4 is 27.8 Å². The number of amides is 1. The van der Waals surface area contributed by atoms with Crippen molar-refractivity contribution in [3.8, 4) is 5.69 Å². The molecule has 0 aliphatic carbocycles.